The van der Waals surface area contributed by atoms with Gasteiger partial charge in [-0.05, 0) is 37.6 Å². The van der Waals surface area contributed by atoms with Crippen LogP contribution in [0.2, 0.25) is 0 Å². The van der Waals surface area contributed by atoms with Crippen molar-refractivity contribution in [2.24, 2.45) is 11.5 Å². The molecule has 0 bridgehead atoms. The molecule has 1 unspecified atom stereocenters. The Morgan fingerprint density at radius 1 is 1.38 bits per heavy atom. The molecule has 0 aliphatic carbocycles. The number of amides is 2. The van der Waals surface area contributed by atoms with Crippen LogP contribution >= 0.6 is 0 Å². The minimum absolute atomic E-state index is 0.269. The van der Waals surface area contributed by atoms with E-state index in [0.29, 0.717) is 11.3 Å². The van der Waals surface area contributed by atoms with Gasteiger partial charge in [-0.2, -0.15) is 0 Å². The van der Waals surface area contributed by atoms with Crippen molar-refractivity contribution in [3.05, 3.63) is 29.3 Å². The first-order valence-electron chi connectivity index (χ1n) is 4.88. The van der Waals surface area contributed by atoms with Crippen LogP contribution in [-0.4, -0.2) is 17.9 Å². The lowest BCUT2D eigenvalue weighted by Crippen LogP contribution is -2.32. The number of aryl methyl sites for hydroxylation is 1. The van der Waals surface area contributed by atoms with Crippen LogP contribution in [0.1, 0.15) is 22.8 Å². The predicted octanol–water partition coefficient (Wildman–Crippen LogP) is 0.380. The Morgan fingerprint density at radius 2 is 2.00 bits per heavy atom. The van der Waals surface area contributed by atoms with Crippen molar-refractivity contribution in [3.8, 4) is 0 Å². The number of carbonyl (C=O) groups is 2. The van der Waals surface area contributed by atoms with Gasteiger partial charge in [0.15, 0.2) is 0 Å². The second kappa shape index (κ2) is 4.76. The number of carbonyl (C=O) groups excluding carboxylic acids is 2. The number of primary amides is 1. The van der Waals surface area contributed by atoms with Gasteiger partial charge in [-0.25, -0.2) is 0 Å². The number of nitrogens with one attached hydrogen (secondary N) is 1. The summed E-state index contributed by atoms with van der Waals surface area (Å²) in [5.41, 5.74) is 12.4. The molecule has 1 atom stereocenters. The van der Waals surface area contributed by atoms with Crippen LogP contribution in [0, 0.1) is 6.92 Å². The van der Waals surface area contributed by atoms with E-state index in [1.165, 1.54) is 0 Å². The third kappa shape index (κ3) is 2.80. The molecule has 0 aliphatic heterocycles. The van der Waals surface area contributed by atoms with Gasteiger partial charge in [-0.15, -0.1) is 0 Å². The molecule has 0 saturated carbocycles. The zero-order chi connectivity index (χ0) is 12.3. The Kier molecular flexibility index (Phi) is 3.63. The van der Waals surface area contributed by atoms with E-state index in [0.717, 1.165) is 5.56 Å². The minimum atomic E-state index is -0.574. The fraction of sp³-hybridized carbons (Fsp3) is 0.273. The van der Waals surface area contributed by atoms with Crippen LogP contribution in [0.4, 0.5) is 5.69 Å². The molecule has 1 rings (SSSR count). The summed E-state index contributed by atoms with van der Waals surface area (Å²) < 4.78 is 0. The summed E-state index contributed by atoms with van der Waals surface area (Å²) in [7, 11) is 0. The molecule has 0 aliphatic rings. The number of hydrogen-bond donors (Lipinski definition) is 3. The van der Waals surface area contributed by atoms with Crippen molar-refractivity contribution in [2.45, 2.75) is 19.9 Å². The van der Waals surface area contributed by atoms with Crippen molar-refractivity contribution < 1.29 is 9.59 Å². The smallest absolute Gasteiger partial charge is 0.248 e. The first kappa shape index (κ1) is 12.2. The second-order valence-electron chi connectivity index (χ2n) is 3.67. The maximum atomic E-state index is 11.4. The van der Waals surface area contributed by atoms with Crippen LogP contribution < -0.4 is 16.8 Å². The number of hydrogen-bond acceptors (Lipinski definition) is 3. The summed E-state index contributed by atoms with van der Waals surface area (Å²) in [6.07, 6.45) is 0. The Morgan fingerprint density at radius 3 is 2.44 bits per heavy atom. The van der Waals surface area contributed by atoms with Crippen LogP contribution in [0.25, 0.3) is 0 Å². The largest absolute Gasteiger partial charge is 0.366 e. The number of nitrogens with two attached hydrogens (primary N) is 2. The predicted molar refractivity (Wildman–Crippen MR) is 62.0 cm³/mol. The van der Waals surface area contributed by atoms with Gasteiger partial charge >= 0.3 is 0 Å². The van der Waals surface area contributed by atoms with E-state index in [2.05, 4.69) is 5.32 Å². The lowest BCUT2D eigenvalue weighted by atomic mass is 10.1. The minimum Gasteiger partial charge on any atom is -0.366 e. The van der Waals surface area contributed by atoms with E-state index >= 15 is 0 Å². The van der Waals surface area contributed by atoms with Gasteiger partial charge in [-0.1, -0.05) is 0 Å². The van der Waals surface area contributed by atoms with Gasteiger partial charge in [0.1, 0.15) is 0 Å². The molecule has 2 amide bonds. The molecule has 5 heteroatoms. The molecular weight excluding hydrogens is 206 g/mol. The molecule has 16 heavy (non-hydrogen) atoms. The van der Waals surface area contributed by atoms with E-state index in [9.17, 15) is 9.59 Å². The highest BCUT2D eigenvalue weighted by Crippen LogP contribution is 2.16. The quantitative estimate of drug-likeness (QED) is 0.688. The number of anilines is 1. The van der Waals surface area contributed by atoms with Gasteiger partial charge in [-0.3, -0.25) is 9.59 Å². The second-order valence-corrected chi connectivity index (χ2v) is 3.67. The van der Waals surface area contributed by atoms with Crippen molar-refractivity contribution >= 4 is 17.5 Å². The van der Waals surface area contributed by atoms with E-state index in [1.54, 1.807) is 32.0 Å². The average molecular weight is 221 g/mol. The number of rotatable bonds is 3. The molecular formula is C11H15N3O2. The maximum absolute atomic E-state index is 11.4. The summed E-state index contributed by atoms with van der Waals surface area (Å²) in [6, 6.07) is 4.25. The molecule has 0 heterocycles. The fourth-order valence-corrected chi connectivity index (χ4v) is 1.20. The highest BCUT2D eigenvalue weighted by atomic mass is 16.2. The molecule has 86 valence electrons. The van der Waals surface area contributed by atoms with Crippen molar-refractivity contribution in [3.63, 3.8) is 0 Å². The summed E-state index contributed by atoms with van der Waals surface area (Å²) in [6.45, 7) is 3.38. The van der Waals surface area contributed by atoms with E-state index in [4.69, 9.17) is 11.5 Å². The van der Waals surface area contributed by atoms with E-state index in [1.807, 2.05) is 0 Å². The summed E-state index contributed by atoms with van der Waals surface area (Å²) in [5, 5.41) is 2.66. The fourth-order valence-electron chi connectivity index (χ4n) is 1.20. The highest BCUT2D eigenvalue weighted by molar-refractivity contribution is 5.97. The van der Waals surface area contributed by atoms with Crippen LogP contribution in [0.15, 0.2) is 18.2 Å². The highest BCUT2D eigenvalue weighted by Gasteiger charge is 2.10. The first-order chi connectivity index (χ1) is 7.41. The van der Waals surface area contributed by atoms with E-state index in [-0.39, 0.29) is 5.91 Å². The van der Waals surface area contributed by atoms with Gasteiger partial charge in [0.25, 0.3) is 0 Å². The zero-order valence-electron chi connectivity index (χ0n) is 9.28. The SMILES string of the molecule is Cc1cc(C(N)=O)ccc1NC(=O)C(C)N. The van der Waals surface area contributed by atoms with Crippen LogP contribution in [0.5, 0.6) is 0 Å². The van der Waals surface area contributed by atoms with Gasteiger partial charge in [0.05, 0.1) is 6.04 Å². The third-order valence-corrected chi connectivity index (χ3v) is 2.18. The van der Waals surface area contributed by atoms with Gasteiger partial charge in [0, 0.05) is 11.3 Å². The molecule has 1 aromatic rings. The summed E-state index contributed by atoms with van der Waals surface area (Å²) >= 11 is 0. The molecule has 0 spiro atoms. The molecule has 5 nitrogen and oxygen atoms in total. The van der Waals surface area contributed by atoms with Crippen LogP contribution in [-0.2, 0) is 4.79 Å². The van der Waals surface area contributed by atoms with E-state index < -0.39 is 11.9 Å². The van der Waals surface area contributed by atoms with Crippen molar-refractivity contribution in [2.75, 3.05) is 5.32 Å². The van der Waals surface area contributed by atoms with Crippen molar-refractivity contribution in [1.29, 1.82) is 0 Å². The topological polar surface area (TPSA) is 98.2 Å². The molecule has 0 aromatic heterocycles. The van der Waals surface area contributed by atoms with Crippen LogP contribution in [0.3, 0.4) is 0 Å². The van der Waals surface area contributed by atoms with Crippen molar-refractivity contribution in [1.82, 2.24) is 0 Å². The normalized spacial score (nSPS) is 11.9. The lowest BCUT2D eigenvalue weighted by Gasteiger charge is -2.10. The Balaban J connectivity index is 2.91. The Hall–Kier alpha value is -1.88. The van der Waals surface area contributed by atoms with Gasteiger partial charge < -0.3 is 16.8 Å². The zero-order valence-corrected chi connectivity index (χ0v) is 9.28. The summed E-state index contributed by atoms with van der Waals surface area (Å²) in [5.74, 6) is -0.761. The molecule has 5 N–H and O–H groups in total. The monoisotopic (exact) mass is 221 g/mol. The molecule has 0 fully saturated rings. The Labute approximate surface area is 93.8 Å². The average Bonchev–Trinajstić information content (AvgIpc) is 2.20. The first-order valence-corrected chi connectivity index (χ1v) is 4.88. The third-order valence-electron chi connectivity index (χ3n) is 2.18. The number of benzene rings is 1. The van der Waals surface area contributed by atoms with Gasteiger partial charge in [0.2, 0.25) is 11.8 Å². The molecule has 0 saturated heterocycles. The lowest BCUT2D eigenvalue weighted by molar-refractivity contribution is -0.117. The molecule has 1 aromatic carbocycles. The maximum Gasteiger partial charge on any atom is 0.248 e. The Bertz CT molecular complexity index is 427. The standard InChI is InChI=1S/C11H15N3O2/c1-6-5-8(10(13)15)3-4-9(6)14-11(16)7(2)12/h3-5,7H,12H2,1-2H3,(H2,13,15)(H,14,16). The molecule has 0 radical (unpaired) electrons. The summed E-state index contributed by atoms with van der Waals surface area (Å²) in [4.78, 5) is 22.3.